The molecule has 0 aromatic rings. The van der Waals surface area contributed by atoms with Gasteiger partial charge in [-0.2, -0.15) is 0 Å². The molecule has 0 aliphatic heterocycles. The van der Waals surface area contributed by atoms with Crippen molar-refractivity contribution in [1.29, 1.82) is 0 Å². The zero-order valence-corrected chi connectivity index (χ0v) is 24.8. The molecule has 5 fully saturated rings. The molecule has 5 aliphatic carbocycles. The van der Waals surface area contributed by atoms with Crippen molar-refractivity contribution in [2.75, 3.05) is 20.7 Å². The van der Waals surface area contributed by atoms with Crippen molar-refractivity contribution in [2.45, 2.75) is 112 Å². The highest BCUT2D eigenvalue weighted by atomic mass is 16.3. The second-order valence-corrected chi connectivity index (χ2v) is 15.9. The van der Waals surface area contributed by atoms with E-state index >= 15 is 0 Å². The highest BCUT2D eigenvalue weighted by Gasteiger charge is 2.86. The molecule has 6 nitrogen and oxygen atoms in total. The fourth-order valence-corrected chi connectivity index (χ4v) is 11.0. The molecule has 5 aliphatic rings. The fraction of sp³-hybridized carbons (Fsp3) is 0.935. The van der Waals surface area contributed by atoms with E-state index < -0.39 is 16.9 Å². The first-order valence-electron chi connectivity index (χ1n) is 14.8. The number of amides is 1. The smallest absolute Gasteiger partial charge is 0.225 e. The number of hydrogen-bond donors (Lipinski definition) is 3. The molecule has 5 saturated carbocycles. The average molecular weight is 517 g/mol. The molecule has 0 aromatic heterocycles. The van der Waals surface area contributed by atoms with Gasteiger partial charge in [-0.3, -0.25) is 9.59 Å². The Morgan fingerprint density at radius 3 is 2.30 bits per heavy atom. The Morgan fingerprint density at radius 2 is 1.73 bits per heavy atom. The Bertz CT molecular complexity index is 990. The third kappa shape index (κ3) is 3.21. The first-order valence-corrected chi connectivity index (χ1v) is 14.8. The first-order chi connectivity index (χ1) is 17.0. The number of nitrogens with one attached hydrogen (secondary N) is 1. The Kier molecular flexibility index (Phi) is 5.99. The predicted molar refractivity (Wildman–Crippen MR) is 145 cm³/mol. The Balaban J connectivity index is 1.50. The third-order valence-corrected chi connectivity index (χ3v) is 13.4. The number of Topliss-reactive ketones (excluding diaryl/α,β-unsaturated/α-hetero) is 1. The van der Waals surface area contributed by atoms with Crippen molar-refractivity contribution in [3.8, 4) is 0 Å². The molecule has 0 aromatic carbocycles. The second-order valence-electron chi connectivity index (χ2n) is 15.9. The van der Waals surface area contributed by atoms with Crippen molar-refractivity contribution in [3.63, 3.8) is 0 Å². The topological polar surface area (TPSA) is 89.9 Å². The van der Waals surface area contributed by atoms with Crippen LogP contribution < -0.4 is 5.32 Å². The average Bonchev–Trinajstić information content (AvgIpc) is 3.43. The van der Waals surface area contributed by atoms with Crippen molar-refractivity contribution in [2.24, 2.45) is 50.2 Å². The minimum atomic E-state index is -0.480. The van der Waals surface area contributed by atoms with Crippen LogP contribution in [0.2, 0.25) is 0 Å². The maximum atomic E-state index is 14.4. The lowest BCUT2D eigenvalue weighted by atomic mass is 9.41. The van der Waals surface area contributed by atoms with Crippen molar-refractivity contribution in [3.05, 3.63) is 0 Å². The van der Waals surface area contributed by atoms with E-state index in [1.165, 1.54) is 0 Å². The normalized spacial score (nSPS) is 51.6. The lowest BCUT2D eigenvalue weighted by Crippen LogP contribution is -2.64. The number of rotatable bonds is 4. The SMILES string of the molecule is C[C@@H]([C@H]1[C@H](O)C[C@@]2(C)[C@@H]3CC[C@@H]4C5(CC[C@H](NC(=O)C(C)(C)C)[C@@]4(C)CO)C[C@@]35C(=O)C[C@]12C)N(C)C. The minimum Gasteiger partial charge on any atom is -0.396 e. The quantitative estimate of drug-likeness (QED) is 0.525. The van der Waals surface area contributed by atoms with Crippen LogP contribution in [0.3, 0.4) is 0 Å². The van der Waals surface area contributed by atoms with Gasteiger partial charge in [-0.05, 0) is 87.6 Å². The predicted octanol–water partition coefficient (Wildman–Crippen LogP) is 4.03. The van der Waals surface area contributed by atoms with Gasteiger partial charge in [-0.15, -0.1) is 0 Å². The largest absolute Gasteiger partial charge is 0.396 e. The van der Waals surface area contributed by atoms with Gasteiger partial charge in [0.25, 0.3) is 0 Å². The molecule has 210 valence electrons. The van der Waals surface area contributed by atoms with E-state index in [9.17, 15) is 19.8 Å². The lowest BCUT2D eigenvalue weighted by molar-refractivity contribution is -0.173. The summed E-state index contributed by atoms with van der Waals surface area (Å²) in [5, 5.41) is 25.6. The third-order valence-electron chi connectivity index (χ3n) is 13.4. The number of fused-ring (bicyclic) bond motifs is 2. The van der Waals surface area contributed by atoms with Crippen LogP contribution in [0.4, 0.5) is 0 Å². The Morgan fingerprint density at radius 1 is 1.11 bits per heavy atom. The molecule has 0 heterocycles. The van der Waals surface area contributed by atoms with Gasteiger partial charge in [0.05, 0.1) is 12.7 Å². The van der Waals surface area contributed by atoms with Gasteiger partial charge in [0.1, 0.15) is 5.78 Å². The Hall–Kier alpha value is -0.980. The maximum Gasteiger partial charge on any atom is 0.225 e. The summed E-state index contributed by atoms with van der Waals surface area (Å²) >= 11 is 0. The zero-order valence-electron chi connectivity index (χ0n) is 24.8. The Labute approximate surface area is 224 Å². The molecule has 0 saturated heterocycles. The highest BCUT2D eigenvalue weighted by molar-refractivity contribution is 5.92. The summed E-state index contributed by atoms with van der Waals surface area (Å²) in [7, 11) is 4.16. The summed E-state index contributed by atoms with van der Waals surface area (Å²) < 4.78 is 0. The fourth-order valence-electron chi connectivity index (χ4n) is 11.0. The molecule has 2 spiro atoms. The van der Waals surface area contributed by atoms with Gasteiger partial charge in [0.15, 0.2) is 0 Å². The molecule has 5 rings (SSSR count). The van der Waals surface area contributed by atoms with Crippen LogP contribution >= 0.6 is 0 Å². The zero-order chi connectivity index (χ0) is 27.6. The molecule has 3 N–H and O–H groups in total. The minimum absolute atomic E-state index is 0.0273. The second kappa shape index (κ2) is 8.04. The lowest BCUT2D eigenvalue weighted by Gasteiger charge is -2.63. The number of nitrogens with zero attached hydrogens (tertiary/aromatic N) is 1. The van der Waals surface area contributed by atoms with E-state index in [0.717, 1.165) is 38.5 Å². The molecule has 0 radical (unpaired) electrons. The van der Waals surface area contributed by atoms with Crippen LogP contribution in [0.5, 0.6) is 0 Å². The van der Waals surface area contributed by atoms with Crippen LogP contribution in [0.25, 0.3) is 0 Å². The maximum absolute atomic E-state index is 14.4. The van der Waals surface area contributed by atoms with Gasteiger partial charge in [0, 0.05) is 40.7 Å². The molecule has 0 bridgehead atoms. The summed E-state index contributed by atoms with van der Waals surface area (Å²) in [6.07, 6.45) is 5.56. The van der Waals surface area contributed by atoms with Crippen LogP contribution in [0.15, 0.2) is 0 Å². The molecular formula is C31H52N2O4. The molecular weight excluding hydrogens is 464 g/mol. The van der Waals surface area contributed by atoms with E-state index in [4.69, 9.17) is 0 Å². The van der Waals surface area contributed by atoms with E-state index in [1.807, 2.05) is 20.8 Å². The van der Waals surface area contributed by atoms with Crippen molar-refractivity contribution >= 4 is 11.7 Å². The van der Waals surface area contributed by atoms with Gasteiger partial charge in [0.2, 0.25) is 5.91 Å². The van der Waals surface area contributed by atoms with Gasteiger partial charge in [-0.1, -0.05) is 41.5 Å². The van der Waals surface area contributed by atoms with Crippen molar-refractivity contribution < 1.29 is 19.8 Å². The summed E-state index contributed by atoms with van der Waals surface area (Å²) in [6.45, 7) is 14.9. The highest BCUT2D eigenvalue weighted by Crippen LogP contribution is 2.87. The van der Waals surface area contributed by atoms with Gasteiger partial charge >= 0.3 is 0 Å². The summed E-state index contributed by atoms with van der Waals surface area (Å²) in [5.41, 5.74) is -1.63. The van der Waals surface area contributed by atoms with E-state index in [0.29, 0.717) is 12.2 Å². The first kappa shape index (κ1) is 27.6. The number of carbonyl (C=O) groups excluding carboxylic acids is 2. The van der Waals surface area contributed by atoms with Crippen LogP contribution in [0, 0.1) is 50.2 Å². The van der Waals surface area contributed by atoms with E-state index in [2.05, 4.69) is 52.0 Å². The van der Waals surface area contributed by atoms with Crippen LogP contribution in [-0.2, 0) is 9.59 Å². The van der Waals surface area contributed by atoms with Crippen LogP contribution in [0.1, 0.15) is 93.4 Å². The monoisotopic (exact) mass is 516 g/mol. The van der Waals surface area contributed by atoms with Gasteiger partial charge in [-0.25, -0.2) is 0 Å². The molecule has 11 atom stereocenters. The van der Waals surface area contributed by atoms with E-state index in [1.54, 1.807) is 0 Å². The number of aliphatic hydroxyl groups excluding tert-OH is 2. The number of ketones is 1. The van der Waals surface area contributed by atoms with Crippen molar-refractivity contribution in [1.82, 2.24) is 10.2 Å². The number of carbonyl (C=O) groups is 2. The summed E-state index contributed by atoms with van der Waals surface area (Å²) in [6, 6.07) is 0.125. The molecule has 6 heteroatoms. The summed E-state index contributed by atoms with van der Waals surface area (Å²) in [4.78, 5) is 29.6. The number of hydrogen-bond acceptors (Lipinski definition) is 5. The summed E-state index contributed by atoms with van der Waals surface area (Å²) in [5.74, 6) is 1.03. The molecule has 1 unspecified atom stereocenters. The van der Waals surface area contributed by atoms with E-state index in [-0.39, 0.29) is 64.0 Å². The van der Waals surface area contributed by atoms with Crippen LogP contribution in [-0.4, -0.2) is 65.7 Å². The molecule has 1 amide bonds. The standard InChI is InChI=1S/C31H52N2O4/c1-18(33(8)9)24-19(35)14-28(6)21-11-10-20-27(5,17-34)22(32-25(37)26(2,3)4)12-13-30(20)16-31(21,30)23(36)15-29(24,28)7/h18-22,24,34-35H,10-17H2,1-9H3,(H,32,37)/t18-,19+,20-,21-,22-,24-,27-,28-,29+,30?,31-/m0/s1. The molecule has 37 heavy (non-hydrogen) atoms. The van der Waals surface area contributed by atoms with Gasteiger partial charge < -0.3 is 20.4 Å². The number of aliphatic hydroxyl groups is 2.